The second-order valence-electron chi connectivity index (χ2n) is 6.02. The molecule has 0 bridgehead atoms. The average Bonchev–Trinajstić information content (AvgIpc) is 2.38. The fraction of sp³-hybridized carbons (Fsp3) is 0.588. The summed E-state index contributed by atoms with van der Waals surface area (Å²) in [6.45, 7) is 3.99. The molecule has 0 aromatic heterocycles. The molecule has 0 unspecified atom stereocenters. The minimum Gasteiger partial charge on any atom is -0.462 e. The standard InChI is InChI=1S/C17H28NO2/c1-4-5-6-10-13-20-17(19)15-18(2,3)14-16-11-8-7-9-12-16/h7-9,11-12H,4-6,10,13-15H2,1-3H3/q+1. The van der Waals surface area contributed by atoms with E-state index >= 15 is 0 Å². The molecule has 0 saturated heterocycles. The van der Waals surface area contributed by atoms with Crippen molar-refractivity contribution < 1.29 is 14.0 Å². The van der Waals surface area contributed by atoms with Crippen molar-refractivity contribution in [3.05, 3.63) is 35.9 Å². The van der Waals surface area contributed by atoms with Gasteiger partial charge in [0.25, 0.3) is 0 Å². The molecule has 0 saturated carbocycles. The van der Waals surface area contributed by atoms with Crippen LogP contribution in [0.15, 0.2) is 30.3 Å². The highest BCUT2D eigenvalue weighted by molar-refractivity contribution is 5.70. The molecule has 112 valence electrons. The Hall–Kier alpha value is -1.35. The Kier molecular flexibility index (Phi) is 7.31. The molecule has 0 heterocycles. The summed E-state index contributed by atoms with van der Waals surface area (Å²) >= 11 is 0. The van der Waals surface area contributed by atoms with E-state index in [4.69, 9.17) is 4.74 Å². The molecule has 0 atom stereocenters. The number of rotatable bonds is 9. The predicted molar refractivity (Wildman–Crippen MR) is 82.2 cm³/mol. The van der Waals surface area contributed by atoms with E-state index in [0.717, 1.165) is 19.4 Å². The molecule has 0 spiro atoms. The summed E-state index contributed by atoms with van der Waals surface area (Å²) in [5.41, 5.74) is 1.24. The quantitative estimate of drug-likeness (QED) is 0.393. The van der Waals surface area contributed by atoms with Crippen molar-refractivity contribution in [2.45, 2.75) is 39.2 Å². The first-order valence-corrected chi connectivity index (χ1v) is 7.55. The van der Waals surface area contributed by atoms with Crippen LogP contribution in [0.1, 0.15) is 38.2 Å². The molecular formula is C17H28NO2+. The third kappa shape index (κ3) is 7.29. The summed E-state index contributed by atoms with van der Waals surface area (Å²) in [7, 11) is 4.12. The van der Waals surface area contributed by atoms with E-state index in [9.17, 15) is 4.79 Å². The largest absolute Gasteiger partial charge is 0.462 e. The summed E-state index contributed by atoms with van der Waals surface area (Å²) in [6.07, 6.45) is 4.54. The number of quaternary nitrogens is 1. The van der Waals surface area contributed by atoms with Crippen LogP contribution in [0.2, 0.25) is 0 Å². The number of carbonyl (C=O) groups excluding carboxylic acids is 1. The van der Waals surface area contributed by atoms with Crippen molar-refractivity contribution in [2.75, 3.05) is 27.2 Å². The lowest BCUT2D eigenvalue weighted by atomic mass is 10.2. The highest BCUT2D eigenvalue weighted by atomic mass is 16.5. The van der Waals surface area contributed by atoms with Crippen LogP contribution in [-0.2, 0) is 16.1 Å². The maximum atomic E-state index is 11.8. The van der Waals surface area contributed by atoms with Gasteiger partial charge in [-0.2, -0.15) is 0 Å². The minimum atomic E-state index is -0.0950. The first kappa shape index (κ1) is 16.7. The maximum Gasteiger partial charge on any atom is 0.361 e. The summed E-state index contributed by atoms with van der Waals surface area (Å²) in [5.74, 6) is -0.0950. The topological polar surface area (TPSA) is 26.3 Å². The molecule has 1 aromatic rings. The third-order valence-corrected chi connectivity index (χ3v) is 3.27. The number of esters is 1. The van der Waals surface area contributed by atoms with Crippen LogP contribution in [0.25, 0.3) is 0 Å². The average molecular weight is 278 g/mol. The van der Waals surface area contributed by atoms with E-state index in [1.807, 2.05) is 18.2 Å². The van der Waals surface area contributed by atoms with Crippen LogP contribution in [0.5, 0.6) is 0 Å². The molecule has 0 N–H and O–H groups in total. The van der Waals surface area contributed by atoms with E-state index in [-0.39, 0.29) is 5.97 Å². The van der Waals surface area contributed by atoms with Crippen LogP contribution in [0, 0.1) is 0 Å². The third-order valence-electron chi connectivity index (χ3n) is 3.27. The molecule has 3 heteroatoms. The highest BCUT2D eigenvalue weighted by Crippen LogP contribution is 2.09. The summed E-state index contributed by atoms with van der Waals surface area (Å²) < 4.78 is 5.93. The molecule has 20 heavy (non-hydrogen) atoms. The zero-order valence-electron chi connectivity index (χ0n) is 13.1. The lowest BCUT2D eigenvalue weighted by Crippen LogP contribution is -2.43. The van der Waals surface area contributed by atoms with Gasteiger partial charge in [-0.05, 0) is 6.42 Å². The second-order valence-corrected chi connectivity index (χ2v) is 6.02. The first-order valence-electron chi connectivity index (χ1n) is 7.55. The maximum absolute atomic E-state index is 11.8. The normalized spacial score (nSPS) is 11.3. The Morgan fingerprint density at radius 1 is 1.10 bits per heavy atom. The molecular weight excluding hydrogens is 250 g/mol. The van der Waals surface area contributed by atoms with Gasteiger partial charge in [0.05, 0.1) is 20.7 Å². The van der Waals surface area contributed by atoms with Crippen molar-refractivity contribution in [3.63, 3.8) is 0 Å². The van der Waals surface area contributed by atoms with Crippen LogP contribution in [0.3, 0.4) is 0 Å². The summed E-state index contributed by atoms with van der Waals surface area (Å²) in [5, 5.41) is 0. The van der Waals surface area contributed by atoms with Gasteiger partial charge in [-0.25, -0.2) is 4.79 Å². The Morgan fingerprint density at radius 2 is 1.80 bits per heavy atom. The Bertz CT molecular complexity index is 387. The molecule has 1 aromatic carbocycles. The zero-order valence-corrected chi connectivity index (χ0v) is 13.1. The van der Waals surface area contributed by atoms with E-state index in [1.165, 1.54) is 18.4 Å². The van der Waals surface area contributed by atoms with Crippen LogP contribution in [-0.4, -0.2) is 37.7 Å². The number of likely N-dealkylation sites (N-methyl/N-ethyl adjacent to an activating group) is 1. The first-order chi connectivity index (χ1) is 9.53. The zero-order chi connectivity index (χ0) is 14.8. The molecule has 0 aliphatic rings. The number of ether oxygens (including phenoxy) is 1. The van der Waals surface area contributed by atoms with Crippen LogP contribution >= 0.6 is 0 Å². The SMILES string of the molecule is CCCCCCOC(=O)C[N+](C)(C)Cc1ccccc1. The monoisotopic (exact) mass is 278 g/mol. The van der Waals surface area contributed by atoms with Crippen molar-refractivity contribution in [2.24, 2.45) is 0 Å². The smallest absolute Gasteiger partial charge is 0.361 e. The number of nitrogens with zero attached hydrogens (tertiary/aromatic N) is 1. The summed E-state index contributed by atoms with van der Waals surface area (Å²) in [4.78, 5) is 11.8. The van der Waals surface area contributed by atoms with Crippen molar-refractivity contribution >= 4 is 5.97 Å². The van der Waals surface area contributed by atoms with E-state index in [1.54, 1.807) is 0 Å². The van der Waals surface area contributed by atoms with Crippen LogP contribution in [0.4, 0.5) is 0 Å². The van der Waals surface area contributed by atoms with Gasteiger partial charge in [0.2, 0.25) is 0 Å². The van der Waals surface area contributed by atoms with Gasteiger partial charge in [-0.3, -0.25) is 0 Å². The van der Waals surface area contributed by atoms with Gasteiger partial charge in [0, 0.05) is 5.56 Å². The van der Waals surface area contributed by atoms with E-state index in [0.29, 0.717) is 17.6 Å². The molecule has 1 rings (SSSR count). The van der Waals surface area contributed by atoms with Gasteiger partial charge in [-0.1, -0.05) is 56.5 Å². The lowest BCUT2D eigenvalue weighted by Gasteiger charge is -2.28. The fourth-order valence-electron chi connectivity index (χ4n) is 2.24. The Morgan fingerprint density at radius 3 is 2.45 bits per heavy atom. The van der Waals surface area contributed by atoms with Crippen molar-refractivity contribution in [1.29, 1.82) is 0 Å². The number of carbonyl (C=O) groups is 1. The van der Waals surface area contributed by atoms with Gasteiger partial charge >= 0.3 is 5.97 Å². The number of hydrogen-bond donors (Lipinski definition) is 0. The predicted octanol–water partition coefficient (Wildman–Crippen LogP) is 3.39. The van der Waals surface area contributed by atoms with Crippen molar-refractivity contribution in [1.82, 2.24) is 0 Å². The molecule has 0 radical (unpaired) electrons. The Labute approximate surface area is 123 Å². The van der Waals surface area contributed by atoms with E-state index < -0.39 is 0 Å². The number of benzene rings is 1. The van der Waals surface area contributed by atoms with Gasteiger partial charge in [0.1, 0.15) is 6.54 Å². The molecule has 0 fully saturated rings. The molecule has 3 nitrogen and oxygen atoms in total. The number of hydrogen-bond acceptors (Lipinski definition) is 2. The lowest BCUT2D eigenvalue weighted by molar-refractivity contribution is -0.896. The van der Waals surface area contributed by atoms with Gasteiger partial charge < -0.3 is 9.22 Å². The molecule has 0 aliphatic carbocycles. The minimum absolute atomic E-state index is 0.0950. The van der Waals surface area contributed by atoms with E-state index in [2.05, 4.69) is 33.2 Å². The van der Waals surface area contributed by atoms with Crippen LogP contribution < -0.4 is 0 Å². The molecule has 0 amide bonds. The Balaban J connectivity index is 2.28. The molecule has 0 aliphatic heterocycles. The number of unbranched alkanes of at least 4 members (excludes halogenated alkanes) is 3. The fourth-order valence-corrected chi connectivity index (χ4v) is 2.24. The van der Waals surface area contributed by atoms with Gasteiger partial charge in [-0.15, -0.1) is 0 Å². The second kappa shape index (κ2) is 8.75. The van der Waals surface area contributed by atoms with Gasteiger partial charge in [0.15, 0.2) is 6.54 Å². The van der Waals surface area contributed by atoms with Crippen molar-refractivity contribution in [3.8, 4) is 0 Å². The highest BCUT2D eigenvalue weighted by Gasteiger charge is 2.21. The summed E-state index contributed by atoms with van der Waals surface area (Å²) in [6, 6.07) is 10.3.